The van der Waals surface area contributed by atoms with Gasteiger partial charge in [-0.1, -0.05) is 13.8 Å². The number of carbonyl (C=O) groups is 1. The number of hydrogen-bond donors (Lipinski definition) is 1. The van der Waals surface area contributed by atoms with E-state index < -0.39 is 0 Å². The highest BCUT2D eigenvalue weighted by Gasteiger charge is 2.09. The van der Waals surface area contributed by atoms with E-state index in [2.05, 4.69) is 19.2 Å². The molecular formula is C15H20N2O2. The Morgan fingerprint density at radius 3 is 2.47 bits per heavy atom. The first-order valence-corrected chi connectivity index (χ1v) is 6.43. The van der Waals surface area contributed by atoms with Crippen LogP contribution in [0.4, 0.5) is 0 Å². The molecule has 1 unspecified atom stereocenters. The van der Waals surface area contributed by atoms with Crippen molar-refractivity contribution in [2.75, 3.05) is 6.61 Å². The molecule has 1 aromatic carbocycles. The zero-order valence-corrected chi connectivity index (χ0v) is 11.6. The molecule has 0 spiro atoms. The SMILES string of the molecule is CC(C)CC(C)NC(=O)COc1ccc(C#N)cc1. The summed E-state index contributed by atoms with van der Waals surface area (Å²) in [6.07, 6.45) is 0.947. The van der Waals surface area contributed by atoms with Gasteiger partial charge in [-0.05, 0) is 43.5 Å². The van der Waals surface area contributed by atoms with E-state index in [1.165, 1.54) is 0 Å². The standard InChI is InChI=1S/C15H20N2O2/c1-11(2)8-12(3)17-15(18)10-19-14-6-4-13(9-16)5-7-14/h4-7,11-12H,8,10H2,1-3H3,(H,17,18). The molecule has 1 aromatic rings. The predicted molar refractivity (Wildman–Crippen MR) is 73.7 cm³/mol. The van der Waals surface area contributed by atoms with Crippen molar-refractivity contribution in [3.8, 4) is 11.8 Å². The maximum absolute atomic E-state index is 11.6. The summed E-state index contributed by atoms with van der Waals surface area (Å²) in [5, 5.41) is 11.6. The van der Waals surface area contributed by atoms with E-state index in [4.69, 9.17) is 10.00 Å². The first-order valence-electron chi connectivity index (χ1n) is 6.43. The number of rotatable bonds is 6. The molecule has 1 amide bonds. The third-order valence-electron chi connectivity index (χ3n) is 2.59. The van der Waals surface area contributed by atoms with Gasteiger partial charge in [0.1, 0.15) is 5.75 Å². The number of nitrogens with one attached hydrogen (secondary N) is 1. The van der Waals surface area contributed by atoms with Gasteiger partial charge in [0.25, 0.3) is 5.91 Å². The summed E-state index contributed by atoms with van der Waals surface area (Å²) in [7, 11) is 0. The Bertz CT molecular complexity index is 446. The topological polar surface area (TPSA) is 62.1 Å². The Hall–Kier alpha value is -2.02. The lowest BCUT2D eigenvalue weighted by molar-refractivity contribution is -0.123. The molecule has 0 fully saturated rings. The fourth-order valence-electron chi connectivity index (χ4n) is 1.86. The fraction of sp³-hybridized carbons (Fsp3) is 0.467. The van der Waals surface area contributed by atoms with Gasteiger partial charge in [0.15, 0.2) is 6.61 Å². The van der Waals surface area contributed by atoms with Crippen molar-refractivity contribution in [2.24, 2.45) is 5.92 Å². The number of amides is 1. The molecule has 1 N–H and O–H groups in total. The highest BCUT2D eigenvalue weighted by Crippen LogP contribution is 2.11. The molecule has 0 saturated carbocycles. The van der Waals surface area contributed by atoms with E-state index in [0.717, 1.165) is 6.42 Å². The van der Waals surface area contributed by atoms with Crippen LogP contribution >= 0.6 is 0 Å². The molecule has 1 atom stereocenters. The molecule has 0 heterocycles. The summed E-state index contributed by atoms with van der Waals surface area (Å²) in [6.45, 7) is 6.22. The average Bonchev–Trinajstić information content (AvgIpc) is 2.36. The summed E-state index contributed by atoms with van der Waals surface area (Å²) in [4.78, 5) is 11.6. The van der Waals surface area contributed by atoms with Gasteiger partial charge in [-0.25, -0.2) is 0 Å². The average molecular weight is 260 g/mol. The summed E-state index contributed by atoms with van der Waals surface area (Å²) < 4.78 is 5.35. The molecule has 4 nitrogen and oxygen atoms in total. The second-order valence-corrected chi connectivity index (χ2v) is 5.02. The number of ether oxygens (including phenoxy) is 1. The molecule has 0 aliphatic carbocycles. The van der Waals surface area contributed by atoms with Gasteiger partial charge >= 0.3 is 0 Å². The largest absolute Gasteiger partial charge is 0.484 e. The summed E-state index contributed by atoms with van der Waals surface area (Å²) >= 11 is 0. The molecule has 19 heavy (non-hydrogen) atoms. The third-order valence-corrected chi connectivity index (χ3v) is 2.59. The van der Waals surface area contributed by atoms with Crippen molar-refractivity contribution in [3.05, 3.63) is 29.8 Å². The third kappa shape index (κ3) is 5.91. The van der Waals surface area contributed by atoms with Gasteiger partial charge in [0.05, 0.1) is 11.6 Å². The molecule has 102 valence electrons. The lowest BCUT2D eigenvalue weighted by atomic mass is 10.1. The normalized spacial score (nSPS) is 11.7. The highest BCUT2D eigenvalue weighted by atomic mass is 16.5. The Morgan fingerprint density at radius 1 is 1.32 bits per heavy atom. The maximum atomic E-state index is 11.6. The summed E-state index contributed by atoms with van der Waals surface area (Å²) in [6, 6.07) is 8.87. The lowest BCUT2D eigenvalue weighted by Crippen LogP contribution is -2.36. The van der Waals surface area contributed by atoms with E-state index in [-0.39, 0.29) is 18.6 Å². The van der Waals surface area contributed by atoms with Crippen molar-refractivity contribution in [3.63, 3.8) is 0 Å². The number of carbonyl (C=O) groups excluding carboxylic acids is 1. The van der Waals surface area contributed by atoms with Crippen LogP contribution in [0.2, 0.25) is 0 Å². The van der Waals surface area contributed by atoms with E-state index >= 15 is 0 Å². The molecule has 0 aromatic heterocycles. The molecule has 4 heteroatoms. The van der Waals surface area contributed by atoms with Crippen molar-refractivity contribution in [1.82, 2.24) is 5.32 Å². The lowest BCUT2D eigenvalue weighted by Gasteiger charge is -2.16. The zero-order valence-electron chi connectivity index (χ0n) is 11.6. The predicted octanol–water partition coefficient (Wildman–Crippen LogP) is 2.49. The quantitative estimate of drug-likeness (QED) is 0.854. The van der Waals surface area contributed by atoms with Gasteiger partial charge < -0.3 is 10.1 Å². The van der Waals surface area contributed by atoms with Crippen LogP contribution in [0.15, 0.2) is 24.3 Å². The zero-order chi connectivity index (χ0) is 14.3. The molecule has 1 rings (SSSR count). The van der Waals surface area contributed by atoms with Crippen LogP contribution in [0.5, 0.6) is 5.75 Å². The van der Waals surface area contributed by atoms with Crippen LogP contribution < -0.4 is 10.1 Å². The first kappa shape index (κ1) is 15.0. The molecule has 0 saturated heterocycles. The van der Waals surface area contributed by atoms with Crippen molar-refractivity contribution >= 4 is 5.91 Å². The van der Waals surface area contributed by atoms with Gasteiger partial charge in [-0.2, -0.15) is 5.26 Å². The Labute approximate surface area is 114 Å². The van der Waals surface area contributed by atoms with Crippen molar-refractivity contribution < 1.29 is 9.53 Å². The number of nitrogens with zero attached hydrogens (tertiary/aromatic N) is 1. The van der Waals surface area contributed by atoms with E-state index in [9.17, 15) is 4.79 Å². The fourth-order valence-corrected chi connectivity index (χ4v) is 1.86. The molecule has 0 aliphatic rings. The smallest absolute Gasteiger partial charge is 0.258 e. The monoisotopic (exact) mass is 260 g/mol. The minimum atomic E-state index is -0.127. The maximum Gasteiger partial charge on any atom is 0.258 e. The number of benzene rings is 1. The minimum Gasteiger partial charge on any atom is -0.484 e. The van der Waals surface area contributed by atoms with Gasteiger partial charge in [-0.3, -0.25) is 4.79 Å². The van der Waals surface area contributed by atoms with Crippen LogP contribution in [-0.2, 0) is 4.79 Å². The summed E-state index contributed by atoms with van der Waals surface area (Å²) in [5.74, 6) is 1.01. The van der Waals surface area contributed by atoms with E-state index in [1.54, 1.807) is 24.3 Å². The van der Waals surface area contributed by atoms with Crippen molar-refractivity contribution in [2.45, 2.75) is 33.2 Å². The van der Waals surface area contributed by atoms with Gasteiger partial charge in [0, 0.05) is 6.04 Å². The minimum absolute atomic E-state index is 0.00562. The first-order chi connectivity index (χ1) is 9.01. The number of hydrogen-bond acceptors (Lipinski definition) is 3. The van der Waals surface area contributed by atoms with Crippen molar-refractivity contribution in [1.29, 1.82) is 5.26 Å². The molecule has 0 radical (unpaired) electrons. The van der Waals surface area contributed by atoms with Crippen LogP contribution in [0.3, 0.4) is 0 Å². The van der Waals surface area contributed by atoms with Gasteiger partial charge in [0.2, 0.25) is 0 Å². The highest BCUT2D eigenvalue weighted by molar-refractivity contribution is 5.77. The Kier molecular flexibility index (Phi) is 5.87. The second-order valence-electron chi connectivity index (χ2n) is 5.02. The molecule has 0 bridgehead atoms. The second kappa shape index (κ2) is 7.42. The Balaban J connectivity index is 2.35. The molecule has 0 aliphatic heterocycles. The van der Waals surface area contributed by atoms with Gasteiger partial charge in [-0.15, -0.1) is 0 Å². The summed E-state index contributed by atoms with van der Waals surface area (Å²) in [5.41, 5.74) is 0.572. The van der Waals surface area contributed by atoms with Crippen LogP contribution in [-0.4, -0.2) is 18.6 Å². The van der Waals surface area contributed by atoms with E-state index in [1.807, 2.05) is 13.0 Å². The van der Waals surface area contributed by atoms with E-state index in [0.29, 0.717) is 17.2 Å². The van der Waals surface area contributed by atoms with Crippen LogP contribution in [0.25, 0.3) is 0 Å². The van der Waals surface area contributed by atoms with Crippen LogP contribution in [0.1, 0.15) is 32.8 Å². The Morgan fingerprint density at radius 2 is 1.95 bits per heavy atom. The molecular weight excluding hydrogens is 240 g/mol. The number of nitriles is 1. The van der Waals surface area contributed by atoms with Crippen LogP contribution in [0, 0.1) is 17.2 Å².